The van der Waals surface area contributed by atoms with Crippen molar-refractivity contribution < 1.29 is 28.6 Å². The average molecular weight is 520 g/mol. The van der Waals surface area contributed by atoms with Gasteiger partial charge in [-0.1, -0.05) is 45.8 Å². The lowest BCUT2D eigenvalue weighted by Crippen LogP contribution is -2.42. The van der Waals surface area contributed by atoms with Crippen LogP contribution < -0.4 is 9.47 Å². The summed E-state index contributed by atoms with van der Waals surface area (Å²) >= 11 is 4.26. The van der Waals surface area contributed by atoms with Gasteiger partial charge in [-0.2, -0.15) is 0 Å². The van der Waals surface area contributed by atoms with Crippen LogP contribution in [0.15, 0.2) is 45.8 Å². The Morgan fingerprint density at radius 2 is 1.84 bits per heavy atom. The molecular weight excluding hydrogens is 498 g/mol. The van der Waals surface area contributed by atoms with E-state index >= 15 is 0 Å². The molecule has 0 spiro atoms. The molecule has 1 aliphatic heterocycles. The molecule has 7 nitrogen and oxygen atoms in total. The minimum atomic E-state index is -1.01. The van der Waals surface area contributed by atoms with Crippen molar-refractivity contribution in [2.24, 2.45) is 0 Å². The first kappa shape index (κ1) is 23.9. The molecule has 1 fully saturated rings. The van der Waals surface area contributed by atoms with E-state index < -0.39 is 23.2 Å². The molecule has 9 heteroatoms. The second-order valence-corrected chi connectivity index (χ2v) is 8.90. The largest absolute Gasteiger partial charge is 0.493 e. The summed E-state index contributed by atoms with van der Waals surface area (Å²) in [7, 11) is 2.73. The maximum atomic E-state index is 12.7. The minimum Gasteiger partial charge on any atom is -0.493 e. The molecule has 2 aromatic rings. The van der Waals surface area contributed by atoms with E-state index in [4.69, 9.17) is 9.47 Å². The van der Waals surface area contributed by atoms with Crippen LogP contribution in [0.25, 0.3) is 6.08 Å². The number of nitrogens with zero attached hydrogens (tertiary/aromatic N) is 1. The first-order valence-electron chi connectivity index (χ1n) is 9.66. The van der Waals surface area contributed by atoms with Crippen molar-refractivity contribution in [2.45, 2.75) is 26.5 Å². The fourth-order valence-electron chi connectivity index (χ4n) is 3.01. The maximum Gasteiger partial charge on any atom is 0.328 e. The summed E-state index contributed by atoms with van der Waals surface area (Å²) in [5, 5.41) is -0.528. The van der Waals surface area contributed by atoms with E-state index in [1.165, 1.54) is 26.7 Å². The van der Waals surface area contributed by atoms with E-state index in [9.17, 15) is 14.4 Å². The molecule has 0 unspecified atom stereocenters. The fourth-order valence-corrected chi connectivity index (χ4v) is 4.35. The lowest BCUT2D eigenvalue weighted by Gasteiger charge is -2.18. The predicted octanol–water partition coefficient (Wildman–Crippen LogP) is 4.94. The Morgan fingerprint density at radius 1 is 1.16 bits per heavy atom. The number of halogens is 1. The number of hydrogen-bond acceptors (Lipinski definition) is 7. The molecule has 32 heavy (non-hydrogen) atoms. The van der Waals surface area contributed by atoms with Gasteiger partial charge in [0.1, 0.15) is 12.6 Å². The first-order chi connectivity index (χ1) is 15.2. The molecule has 1 saturated heterocycles. The van der Waals surface area contributed by atoms with Gasteiger partial charge in [-0.25, -0.2) is 4.79 Å². The topological polar surface area (TPSA) is 82.1 Å². The van der Waals surface area contributed by atoms with E-state index in [0.29, 0.717) is 28.1 Å². The van der Waals surface area contributed by atoms with Crippen LogP contribution in [0.2, 0.25) is 0 Å². The van der Waals surface area contributed by atoms with E-state index in [1.807, 2.05) is 31.2 Å². The molecule has 0 aliphatic carbocycles. The normalized spacial score (nSPS) is 15.8. The molecule has 0 aromatic heterocycles. The highest BCUT2D eigenvalue weighted by Gasteiger charge is 2.41. The highest BCUT2D eigenvalue weighted by atomic mass is 79.9. The van der Waals surface area contributed by atoms with Gasteiger partial charge < -0.3 is 14.2 Å². The summed E-state index contributed by atoms with van der Waals surface area (Å²) in [4.78, 5) is 37.9. The smallest absolute Gasteiger partial charge is 0.328 e. The van der Waals surface area contributed by atoms with Crippen LogP contribution >= 0.6 is 27.7 Å². The number of methoxy groups -OCH3 is 2. The molecule has 0 N–H and O–H groups in total. The first-order valence-corrected chi connectivity index (χ1v) is 11.3. The Morgan fingerprint density at radius 3 is 2.47 bits per heavy atom. The second kappa shape index (κ2) is 10.2. The highest BCUT2D eigenvalue weighted by molar-refractivity contribution is 9.10. The van der Waals surface area contributed by atoms with Crippen LogP contribution in [-0.2, 0) is 20.9 Å². The SMILES string of the molecule is COC(=O)[C@@H](C)N1C(=O)S/C(=C/c2cc(OC)c(OCc3ccc(C)cc3)cc2Br)C1=O. The number of thioether (sulfide) groups is 1. The molecule has 1 aliphatic rings. The third-order valence-corrected chi connectivity index (χ3v) is 6.41. The van der Waals surface area contributed by atoms with Gasteiger partial charge in [0.05, 0.1) is 19.1 Å². The molecule has 0 bridgehead atoms. The van der Waals surface area contributed by atoms with Crippen LogP contribution in [0.5, 0.6) is 11.5 Å². The molecule has 1 atom stereocenters. The fraction of sp³-hybridized carbons (Fsp3) is 0.261. The zero-order chi connectivity index (χ0) is 23.4. The number of rotatable bonds is 7. The van der Waals surface area contributed by atoms with E-state index in [-0.39, 0.29) is 4.91 Å². The lowest BCUT2D eigenvalue weighted by atomic mass is 10.1. The number of imide groups is 1. The predicted molar refractivity (Wildman–Crippen MR) is 125 cm³/mol. The third-order valence-electron chi connectivity index (χ3n) is 4.84. The van der Waals surface area contributed by atoms with Crippen molar-refractivity contribution in [2.75, 3.05) is 14.2 Å². The van der Waals surface area contributed by atoms with Crippen LogP contribution in [0.4, 0.5) is 4.79 Å². The van der Waals surface area contributed by atoms with Crippen molar-refractivity contribution >= 4 is 50.9 Å². The Kier molecular flexibility index (Phi) is 7.63. The molecule has 1 heterocycles. The second-order valence-electron chi connectivity index (χ2n) is 7.05. The molecule has 168 valence electrons. The molecule has 0 radical (unpaired) electrons. The zero-order valence-electron chi connectivity index (χ0n) is 18.0. The van der Waals surface area contributed by atoms with Crippen molar-refractivity contribution in [3.8, 4) is 11.5 Å². The van der Waals surface area contributed by atoms with Gasteiger partial charge in [-0.15, -0.1) is 0 Å². The number of carbonyl (C=O) groups excluding carboxylic acids is 3. The quantitative estimate of drug-likeness (QED) is 0.378. The van der Waals surface area contributed by atoms with Crippen LogP contribution in [-0.4, -0.2) is 42.3 Å². The number of carbonyl (C=O) groups is 3. The summed E-state index contributed by atoms with van der Waals surface area (Å²) < 4.78 is 16.7. The van der Waals surface area contributed by atoms with Gasteiger partial charge in [0.15, 0.2) is 11.5 Å². The van der Waals surface area contributed by atoms with Gasteiger partial charge in [0.2, 0.25) is 0 Å². The molecule has 0 saturated carbocycles. The van der Waals surface area contributed by atoms with E-state index in [2.05, 4.69) is 20.7 Å². The third kappa shape index (κ3) is 5.16. The summed E-state index contributed by atoms with van der Waals surface area (Å²) in [5.74, 6) is -0.201. The molecule has 2 amide bonds. The van der Waals surface area contributed by atoms with Crippen LogP contribution in [0.3, 0.4) is 0 Å². The van der Waals surface area contributed by atoms with Gasteiger partial charge in [-0.3, -0.25) is 14.5 Å². The number of amides is 2. The number of hydrogen-bond donors (Lipinski definition) is 0. The number of aryl methyl sites for hydroxylation is 1. The Hall–Kier alpha value is -2.78. The van der Waals surface area contributed by atoms with Gasteiger partial charge in [0, 0.05) is 4.47 Å². The molecule has 2 aromatic carbocycles. The maximum absolute atomic E-state index is 12.7. The van der Waals surface area contributed by atoms with Crippen LogP contribution in [0.1, 0.15) is 23.6 Å². The van der Waals surface area contributed by atoms with Crippen molar-refractivity contribution in [1.29, 1.82) is 0 Å². The summed E-state index contributed by atoms with van der Waals surface area (Å²) in [6.07, 6.45) is 1.57. The Bertz CT molecular complexity index is 1080. The highest BCUT2D eigenvalue weighted by Crippen LogP contribution is 2.38. The van der Waals surface area contributed by atoms with Crippen molar-refractivity contribution in [1.82, 2.24) is 4.90 Å². The van der Waals surface area contributed by atoms with E-state index in [1.54, 1.807) is 18.2 Å². The molecular formula is C23H22BrNO6S. The standard InChI is InChI=1S/C23H22BrNO6S/c1-13-5-7-15(8-6-13)12-31-19-11-17(24)16(9-18(19)29-3)10-20-21(26)25(23(28)32-20)14(2)22(27)30-4/h5-11,14H,12H2,1-4H3/b20-10+/t14-/m1/s1. The lowest BCUT2D eigenvalue weighted by molar-refractivity contribution is -0.148. The summed E-state index contributed by atoms with van der Waals surface area (Å²) in [6, 6.07) is 10.5. The van der Waals surface area contributed by atoms with Crippen molar-refractivity contribution in [3.05, 3.63) is 62.5 Å². The van der Waals surface area contributed by atoms with Crippen LogP contribution in [0, 0.1) is 6.92 Å². The Balaban J connectivity index is 1.83. The Labute approximate surface area is 198 Å². The van der Waals surface area contributed by atoms with Crippen molar-refractivity contribution in [3.63, 3.8) is 0 Å². The summed E-state index contributed by atoms with van der Waals surface area (Å²) in [6.45, 7) is 3.84. The number of ether oxygens (including phenoxy) is 3. The number of esters is 1. The van der Waals surface area contributed by atoms with Gasteiger partial charge >= 0.3 is 5.97 Å². The van der Waals surface area contributed by atoms with E-state index in [0.717, 1.165) is 22.2 Å². The van der Waals surface area contributed by atoms with Gasteiger partial charge in [-0.05, 0) is 54.9 Å². The summed E-state index contributed by atoms with van der Waals surface area (Å²) in [5.41, 5.74) is 2.82. The number of benzene rings is 2. The minimum absolute atomic E-state index is 0.196. The van der Waals surface area contributed by atoms with Gasteiger partial charge in [0.25, 0.3) is 11.1 Å². The zero-order valence-corrected chi connectivity index (χ0v) is 20.4. The monoisotopic (exact) mass is 519 g/mol. The average Bonchev–Trinajstić information content (AvgIpc) is 3.06. The molecule has 3 rings (SSSR count).